The lowest BCUT2D eigenvalue weighted by atomic mass is 9.96. The van der Waals surface area contributed by atoms with Crippen molar-refractivity contribution in [1.29, 1.82) is 0 Å². The summed E-state index contributed by atoms with van der Waals surface area (Å²) in [6.07, 6.45) is 0.131. The van der Waals surface area contributed by atoms with Crippen molar-refractivity contribution in [1.82, 2.24) is 0 Å². The van der Waals surface area contributed by atoms with Gasteiger partial charge in [0.1, 0.15) is 13.6 Å². The normalized spacial score (nSPS) is 8.86. The average Bonchev–Trinajstić information content (AvgIpc) is 1.94. The quantitative estimate of drug-likeness (QED) is 0.654. The molecule has 14 heavy (non-hydrogen) atoms. The Hall–Kier alpha value is -0.705. The SMILES string of the molecule is O.O.[B]c1ccc(OC(C)C)c(Cl)c1. The fourth-order valence-electron chi connectivity index (χ4n) is 0.867. The Labute approximate surface area is 90.1 Å². The van der Waals surface area contributed by atoms with E-state index in [1.807, 2.05) is 13.8 Å². The average molecular weight is 216 g/mol. The molecule has 0 spiro atoms. The number of hydrogen-bond acceptors (Lipinski definition) is 1. The third kappa shape index (κ3) is 4.51. The summed E-state index contributed by atoms with van der Waals surface area (Å²) in [5.41, 5.74) is 0.649. The first-order valence-corrected chi connectivity index (χ1v) is 4.19. The third-order valence-electron chi connectivity index (χ3n) is 1.32. The van der Waals surface area contributed by atoms with Crippen molar-refractivity contribution in [2.75, 3.05) is 0 Å². The van der Waals surface area contributed by atoms with E-state index in [0.29, 0.717) is 16.2 Å². The molecule has 4 N–H and O–H groups in total. The summed E-state index contributed by atoms with van der Waals surface area (Å²) in [5, 5.41) is 0.559. The minimum absolute atomic E-state index is 0. The van der Waals surface area contributed by atoms with Gasteiger partial charge in [0.25, 0.3) is 0 Å². The monoisotopic (exact) mass is 216 g/mol. The summed E-state index contributed by atoms with van der Waals surface area (Å²) in [5.74, 6) is 0.681. The molecule has 1 rings (SSSR count). The van der Waals surface area contributed by atoms with Gasteiger partial charge in [-0.3, -0.25) is 0 Å². The van der Waals surface area contributed by atoms with Crippen LogP contribution in [0, 0.1) is 0 Å². The first kappa shape index (κ1) is 15.8. The molecule has 0 aliphatic carbocycles. The van der Waals surface area contributed by atoms with E-state index in [-0.39, 0.29) is 17.1 Å². The number of rotatable bonds is 2. The summed E-state index contributed by atoms with van der Waals surface area (Å²) >= 11 is 5.87. The van der Waals surface area contributed by atoms with Crippen molar-refractivity contribution in [2.45, 2.75) is 20.0 Å². The molecule has 0 bridgehead atoms. The Kier molecular flexibility index (Phi) is 7.54. The standard InChI is InChI=1S/C9H10BClO.2H2O/c1-6(2)12-9-4-3-7(10)5-8(9)11;;/h3-6H,1-2H3;2*1H2. The molecule has 0 saturated carbocycles. The van der Waals surface area contributed by atoms with Gasteiger partial charge >= 0.3 is 0 Å². The fraction of sp³-hybridized carbons (Fsp3) is 0.333. The maximum atomic E-state index is 5.87. The Morgan fingerprint density at radius 1 is 1.29 bits per heavy atom. The second kappa shape index (κ2) is 6.70. The van der Waals surface area contributed by atoms with Crippen molar-refractivity contribution in [3.63, 3.8) is 0 Å². The molecular weight excluding hydrogens is 202 g/mol. The number of hydrogen-bond donors (Lipinski definition) is 0. The Morgan fingerprint density at radius 2 is 1.86 bits per heavy atom. The summed E-state index contributed by atoms with van der Waals surface area (Å²) in [7, 11) is 5.52. The minimum atomic E-state index is 0. The Morgan fingerprint density at radius 3 is 2.29 bits per heavy atom. The van der Waals surface area contributed by atoms with Crippen LogP contribution in [0.1, 0.15) is 13.8 Å². The van der Waals surface area contributed by atoms with Gasteiger partial charge in [0.05, 0.1) is 11.1 Å². The maximum Gasteiger partial charge on any atom is 0.138 e. The van der Waals surface area contributed by atoms with E-state index < -0.39 is 0 Å². The highest BCUT2D eigenvalue weighted by molar-refractivity contribution is 6.37. The molecule has 2 radical (unpaired) electrons. The molecule has 0 saturated heterocycles. The molecule has 0 fully saturated rings. The highest BCUT2D eigenvalue weighted by Gasteiger charge is 2.02. The predicted molar refractivity (Wildman–Crippen MR) is 59.8 cm³/mol. The van der Waals surface area contributed by atoms with Gasteiger partial charge in [-0.25, -0.2) is 0 Å². The van der Waals surface area contributed by atoms with Gasteiger partial charge in [0.15, 0.2) is 0 Å². The molecule has 5 heteroatoms. The van der Waals surface area contributed by atoms with Crippen LogP contribution in [0.15, 0.2) is 18.2 Å². The first-order chi connectivity index (χ1) is 5.59. The molecule has 0 unspecified atom stereocenters. The largest absolute Gasteiger partial charge is 0.489 e. The van der Waals surface area contributed by atoms with Crippen LogP contribution < -0.4 is 10.2 Å². The van der Waals surface area contributed by atoms with E-state index in [1.54, 1.807) is 18.2 Å². The van der Waals surface area contributed by atoms with Crippen LogP contribution in [0.25, 0.3) is 0 Å². The molecule has 3 nitrogen and oxygen atoms in total. The van der Waals surface area contributed by atoms with Crippen LogP contribution in [0.5, 0.6) is 5.75 Å². The summed E-state index contributed by atoms with van der Waals surface area (Å²) in [6.45, 7) is 3.90. The topological polar surface area (TPSA) is 72.2 Å². The van der Waals surface area contributed by atoms with Gasteiger partial charge in [-0.2, -0.15) is 0 Å². The maximum absolute atomic E-state index is 5.87. The van der Waals surface area contributed by atoms with Crippen LogP contribution in [0.3, 0.4) is 0 Å². The van der Waals surface area contributed by atoms with E-state index >= 15 is 0 Å². The van der Waals surface area contributed by atoms with Crippen molar-refractivity contribution >= 4 is 24.9 Å². The molecule has 0 atom stereocenters. The van der Waals surface area contributed by atoms with Gasteiger partial charge in [0.2, 0.25) is 0 Å². The lowest BCUT2D eigenvalue weighted by Gasteiger charge is -2.11. The lowest BCUT2D eigenvalue weighted by molar-refractivity contribution is 0.242. The molecule has 78 valence electrons. The van der Waals surface area contributed by atoms with Crippen molar-refractivity contribution in [3.05, 3.63) is 23.2 Å². The van der Waals surface area contributed by atoms with Crippen LogP contribution in [0.4, 0.5) is 0 Å². The number of ether oxygens (including phenoxy) is 1. The highest BCUT2D eigenvalue weighted by atomic mass is 35.5. The van der Waals surface area contributed by atoms with Gasteiger partial charge < -0.3 is 15.7 Å². The Bertz CT molecular complexity index is 279. The minimum Gasteiger partial charge on any atom is -0.489 e. The second-order valence-electron chi connectivity index (χ2n) is 2.86. The van der Waals surface area contributed by atoms with E-state index in [9.17, 15) is 0 Å². The van der Waals surface area contributed by atoms with Crippen LogP contribution >= 0.6 is 11.6 Å². The van der Waals surface area contributed by atoms with E-state index in [2.05, 4.69) is 0 Å². The molecule has 0 heterocycles. The number of halogens is 1. The zero-order valence-corrected chi connectivity index (χ0v) is 8.93. The summed E-state index contributed by atoms with van der Waals surface area (Å²) in [6, 6.07) is 5.22. The summed E-state index contributed by atoms with van der Waals surface area (Å²) in [4.78, 5) is 0. The van der Waals surface area contributed by atoms with Crippen molar-refractivity contribution < 1.29 is 15.7 Å². The van der Waals surface area contributed by atoms with E-state index in [1.165, 1.54) is 0 Å². The summed E-state index contributed by atoms with van der Waals surface area (Å²) < 4.78 is 5.41. The van der Waals surface area contributed by atoms with Crippen molar-refractivity contribution in [2.24, 2.45) is 0 Å². The smallest absolute Gasteiger partial charge is 0.138 e. The second-order valence-corrected chi connectivity index (χ2v) is 3.26. The van der Waals surface area contributed by atoms with Crippen molar-refractivity contribution in [3.8, 4) is 5.75 Å². The molecule has 1 aromatic carbocycles. The molecule has 0 aliphatic heterocycles. The first-order valence-electron chi connectivity index (χ1n) is 3.81. The zero-order chi connectivity index (χ0) is 9.14. The van der Waals surface area contributed by atoms with Gasteiger partial charge in [-0.15, -0.1) is 0 Å². The molecular formula is C9H14BClO3. The van der Waals surface area contributed by atoms with Gasteiger partial charge in [-0.05, 0) is 26.0 Å². The third-order valence-corrected chi connectivity index (χ3v) is 1.61. The van der Waals surface area contributed by atoms with Crippen LogP contribution in [-0.4, -0.2) is 24.9 Å². The van der Waals surface area contributed by atoms with Crippen LogP contribution in [0.2, 0.25) is 5.02 Å². The zero-order valence-electron chi connectivity index (χ0n) is 8.17. The Balaban J connectivity index is 0. The van der Waals surface area contributed by atoms with Gasteiger partial charge in [-0.1, -0.05) is 23.1 Å². The molecule has 0 amide bonds. The van der Waals surface area contributed by atoms with E-state index in [4.69, 9.17) is 24.2 Å². The molecule has 0 aromatic heterocycles. The lowest BCUT2D eigenvalue weighted by Crippen LogP contribution is -2.08. The highest BCUT2D eigenvalue weighted by Crippen LogP contribution is 2.22. The number of benzene rings is 1. The molecule has 0 aliphatic rings. The predicted octanol–water partition coefficient (Wildman–Crippen LogP) is 0.272. The fourth-order valence-corrected chi connectivity index (χ4v) is 1.10. The van der Waals surface area contributed by atoms with E-state index in [0.717, 1.165) is 0 Å². The van der Waals surface area contributed by atoms with Gasteiger partial charge in [0, 0.05) is 0 Å². The van der Waals surface area contributed by atoms with Crippen LogP contribution in [-0.2, 0) is 0 Å². The molecule has 1 aromatic rings.